The molecule has 0 bridgehead atoms. The average molecular weight is 143 g/mol. The number of rotatable bonds is 0. The normalized spacial score (nSPS) is 3.00. The maximum Gasteiger partial charge on any atom is 0 e. The van der Waals surface area contributed by atoms with Gasteiger partial charge in [0.15, 0.2) is 0 Å². The second-order valence-electron chi connectivity index (χ2n) is 0.0913. The largest absolute Gasteiger partial charge is 0.665 e. The fourth-order valence-electron chi connectivity index (χ4n) is 0. The van der Waals surface area contributed by atoms with E-state index >= 15 is 0 Å². The van der Waals surface area contributed by atoms with E-state index in [2.05, 4.69) is 0 Å². The van der Waals surface area contributed by atoms with Crippen LogP contribution in [-0.2, 0) is 24.9 Å². The maximum absolute atomic E-state index is 8.24. The predicted molar refractivity (Wildman–Crippen MR) is 8.32 cm³/mol. The third kappa shape index (κ3) is 186. The summed E-state index contributed by atoms with van der Waals surface area (Å²) in [4.78, 5) is 8.24. The molecular formula is CHO2Tc-. The Morgan fingerprint density at radius 2 is 1.75 bits per heavy atom. The summed E-state index contributed by atoms with van der Waals surface area (Å²) in [7, 11) is 0. The van der Waals surface area contributed by atoms with Gasteiger partial charge in [-0.15, -0.1) is 0 Å². The molecule has 0 heterocycles. The van der Waals surface area contributed by atoms with E-state index < -0.39 is 0 Å². The summed E-state index contributed by atoms with van der Waals surface area (Å²) in [6.07, 6.45) is 0. The second kappa shape index (κ2) is 11.2. The van der Waals surface area contributed by atoms with Crippen LogP contribution in [0, 0.1) is 0 Å². The molecule has 0 amide bonds. The minimum absolute atomic E-state index is 0. The molecule has 0 aliphatic carbocycles. The molecule has 1 radical (unpaired) electrons. The van der Waals surface area contributed by atoms with Gasteiger partial charge < -0.3 is 9.90 Å². The maximum atomic E-state index is 8.24. The fraction of sp³-hybridized carbons (Fsp3) is 0. The third-order valence-corrected chi connectivity index (χ3v) is 0. The molecule has 0 spiro atoms. The summed E-state index contributed by atoms with van der Waals surface area (Å²) >= 11 is 0. The van der Waals surface area contributed by atoms with Gasteiger partial charge in [-0.25, -0.2) is 0 Å². The van der Waals surface area contributed by atoms with Crippen molar-refractivity contribution in [3.63, 3.8) is 0 Å². The number of aliphatic hydroxyl groups excluding tert-OH is 1. The van der Waals surface area contributed by atoms with Crippen molar-refractivity contribution in [2.75, 3.05) is 0 Å². The van der Waals surface area contributed by atoms with Crippen molar-refractivity contribution in [3.05, 3.63) is 0 Å². The summed E-state index contributed by atoms with van der Waals surface area (Å²) in [6, 6.07) is 0. The molecule has 0 fully saturated rings. The molecule has 0 saturated heterocycles. The summed E-state index contributed by atoms with van der Waals surface area (Å²) in [5.74, 6) is 0. The van der Waals surface area contributed by atoms with Crippen molar-refractivity contribution in [3.8, 4) is 0 Å². The van der Waals surface area contributed by atoms with E-state index in [4.69, 9.17) is 9.90 Å². The fourth-order valence-corrected chi connectivity index (χ4v) is 0. The zero-order chi connectivity index (χ0) is 2.71. The molecule has 1 N–H and O–H groups in total. The SMILES string of the molecule is O=[C-]O.[Tc]. The minimum atomic E-state index is 0. The van der Waals surface area contributed by atoms with Gasteiger partial charge in [-0.05, 0) is 0 Å². The number of hydrogen-bond acceptors (Lipinski definition) is 1. The Morgan fingerprint density at radius 1 is 1.75 bits per heavy atom. The molecule has 4 heavy (non-hydrogen) atoms. The van der Waals surface area contributed by atoms with Gasteiger partial charge in [0.1, 0.15) is 0 Å². The van der Waals surface area contributed by atoms with Crippen LogP contribution in [0.4, 0.5) is 0 Å². The standard InChI is InChI=1S/CHO2.Tc/c2-1-3;/h(H,2,3);/q-1;. The molecule has 0 aromatic rings. The van der Waals surface area contributed by atoms with Crippen LogP contribution >= 0.6 is 0 Å². The smallest absolute Gasteiger partial charge is 0 e. The molecule has 0 unspecified atom stereocenters. The Balaban J connectivity index is 0. The third-order valence-electron chi connectivity index (χ3n) is 0. The van der Waals surface area contributed by atoms with E-state index in [1.807, 2.05) is 0 Å². The molecule has 0 atom stereocenters. The molecule has 0 aliphatic rings. The van der Waals surface area contributed by atoms with Gasteiger partial charge >= 0.3 is 0 Å². The Bertz CT molecular complexity index is 13.5. The summed E-state index contributed by atoms with van der Waals surface area (Å²) in [6.45, 7) is 0.500. The molecule has 2 nitrogen and oxygen atoms in total. The molecule has 0 aliphatic heterocycles. The quantitative estimate of drug-likeness (QED) is 0.469. The van der Waals surface area contributed by atoms with E-state index in [0.29, 0.717) is 6.47 Å². The molecule has 25 valence electrons. The van der Waals surface area contributed by atoms with E-state index in [0.717, 1.165) is 0 Å². The van der Waals surface area contributed by atoms with Gasteiger partial charge in [0.25, 0.3) is 0 Å². The van der Waals surface area contributed by atoms with E-state index in [1.54, 1.807) is 0 Å². The summed E-state index contributed by atoms with van der Waals surface area (Å²) in [5.41, 5.74) is 0. The monoisotopic (exact) mass is 142 g/mol. The second-order valence-corrected chi connectivity index (χ2v) is 0.0913. The Morgan fingerprint density at radius 3 is 1.75 bits per heavy atom. The van der Waals surface area contributed by atoms with Crippen LogP contribution in [-0.4, -0.2) is 11.6 Å². The topological polar surface area (TPSA) is 37.3 Å². The van der Waals surface area contributed by atoms with Gasteiger partial charge in [0.05, 0.1) is 0 Å². The van der Waals surface area contributed by atoms with Crippen molar-refractivity contribution < 1.29 is 30.0 Å². The van der Waals surface area contributed by atoms with Crippen molar-refractivity contribution >= 4 is 6.47 Å². The first-order chi connectivity index (χ1) is 1.41. The predicted octanol–water partition coefficient (Wildman–Crippen LogP) is -0.391. The number of hydrogen-bond donors (Lipinski definition) is 1. The molecule has 0 saturated carbocycles. The van der Waals surface area contributed by atoms with E-state index in [-0.39, 0.29) is 20.1 Å². The zero-order valence-electron chi connectivity index (χ0n) is 1.73. The molecule has 0 rings (SSSR count). The van der Waals surface area contributed by atoms with Crippen LogP contribution in [0.3, 0.4) is 0 Å². The van der Waals surface area contributed by atoms with Gasteiger partial charge in [0, 0.05) is 20.1 Å². The van der Waals surface area contributed by atoms with Crippen LogP contribution in [0.1, 0.15) is 0 Å². The van der Waals surface area contributed by atoms with E-state index in [9.17, 15) is 0 Å². The van der Waals surface area contributed by atoms with Crippen LogP contribution < -0.4 is 0 Å². The van der Waals surface area contributed by atoms with Crippen LogP contribution in [0.2, 0.25) is 0 Å². The zero-order valence-corrected chi connectivity index (χ0v) is 3.59. The first-order valence-corrected chi connectivity index (χ1v) is 0.428. The molecule has 3 heteroatoms. The molecule has 0 aromatic heterocycles. The first kappa shape index (κ1) is 8.92. The van der Waals surface area contributed by atoms with Crippen LogP contribution in [0.15, 0.2) is 0 Å². The Hall–Kier alpha value is 0.119. The Kier molecular flexibility index (Phi) is 24.9. The summed E-state index contributed by atoms with van der Waals surface area (Å²) in [5, 5.41) is 6.76. The van der Waals surface area contributed by atoms with Crippen molar-refractivity contribution in [2.45, 2.75) is 0 Å². The minimum Gasteiger partial charge on any atom is -0.665 e. The average Bonchev–Trinajstić information content (AvgIpc) is 0.918. The molecular weight excluding hydrogens is 142 g/mol. The van der Waals surface area contributed by atoms with Crippen molar-refractivity contribution in [1.29, 1.82) is 0 Å². The van der Waals surface area contributed by atoms with Gasteiger partial charge in [-0.2, -0.15) is 0 Å². The van der Waals surface area contributed by atoms with Gasteiger partial charge in [0.2, 0.25) is 0 Å². The van der Waals surface area contributed by atoms with Crippen molar-refractivity contribution in [1.82, 2.24) is 0 Å². The van der Waals surface area contributed by atoms with Gasteiger partial charge in [-0.1, -0.05) is 6.47 Å². The summed E-state index contributed by atoms with van der Waals surface area (Å²) < 4.78 is 0. The Labute approximate surface area is 37.2 Å². The first-order valence-electron chi connectivity index (χ1n) is 0.428. The van der Waals surface area contributed by atoms with E-state index in [1.165, 1.54) is 0 Å². The van der Waals surface area contributed by atoms with Crippen molar-refractivity contribution in [2.24, 2.45) is 0 Å². The molecule has 0 aromatic carbocycles. The van der Waals surface area contributed by atoms with Crippen LogP contribution in [0.25, 0.3) is 0 Å². The van der Waals surface area contributed by atoms with Crippen LogP contribution in [0.5, 0.6) is 0 Å². The van der Waals surface area contributed by atoms with Gasteiger partial charge in [-0.3, -0.25) is 0 Å².